The second-order valence-corrected chi connectivity index (χ2v) is 9.71. The topological polar surface area (TPSA) is 34.9 Å². The van der Waals surface area contributed by atoms with E-state index in [1.165, 1.54) is 34.4 Å². The highest BCUT2D eigenvalue weighted by Gasteiger charge is 2.23. The molecule has 1 aliphatic carbocycles. The molecule has 0 fully saturated rings. The number of hydrogen-bond donors (Lipinski definition) is 0. The summed E-state index contributed by atoms with van der Waals surface area (Å²) in [4.78, 5) is 21.2. The Morgan fingerprint density at radius 1 is 1.00 bits per heavy atom. The molecule has 3 nitrogen and oxygen atoms in total. The van der Waals surface area contributed by atoms with Gasteiger partial charge in [0.1, 0.15) is 10.7 Å². The summed E-state index contributed by atoms with van der Waals surface area (Å²) >= 11 is 1.75. The zero-order valence-electron chi connectivity index (χ0n) is 18.0. The van der Waals surface area contributed by atoms with E-state index in [4.69, 9.17) is 4.98 Å². The van der Waals surface area contributed by atoms with Gasteiger partial charge in [0, 0.05) is 17.8 Å². The second-order valence-electron chi connectivity index (χ2n) is 8.63. The van der Waals surface area contributed by atoms with Crippen molar-refractivity contribution >= 4 is 21.6 Å². The van der Waals surface area contributed by atoms with Gasteiger partial charge in [0.15, 0.2) is 0 Å². The lowest BCUT2D eigenvalue weighted by Crippen LogP contribution is -2.27. The van der Waals surface area contributed by atoms with Crippen LogP contribution in [0.1, 0.15) is 53.1 Å². The van der Waals surface area contributed by atoms with Gasteiger partial charge in [-0.15, -0.1) is 11.3 Å². The first-order valence-corrected chi connectivity index (χ1v) is 12.1. The Morgan fingerprint density at radius 2 is 1.71 bits per heavy atom. The molecule has 0 unspecified atom stereocenters. The summed E-state index contributed by atoms with van der Waals surface area (Å²) in [6.45, 7) is 2.90. The predicted molar refractivity (Wildman–Crippen MR) is 129 cm³/mol. The maximum absolute atomic E-state index is 13.8. The van der Waals surface area contributed by atoms with Crippen LogP contribution in [0.25, 0.3) is 10.2 Å². The summed E-state index contributed by atoms with van der Waals surface area (Å²) in [7, 11) is 0. The molecule has 158 valence electrons. The van der Waals surface area contributed by atoms with Crippen molar-refractivity contribution in [1.29, 1.82) is 0 Å². The molecule has 1 aliphatic rings. The van der Waals surface area contributed by atoms with Gasteiger partial charge in [-0.25, -0.2) is 4.98 Å². The number of fused-ring (bicyclic) bond motifs is 3. The van der Waals surface area contributed by atoms with Crippen molar-refractivity contribution in [2.45, 2.75) is 57.9 Å². The minimum atomic E-state index is 0.163. The smallest absolute Gasteiger partial charge is 0.262 e. The number of aryl methyl sites for hydroxylation is 3. The standard InChI is InChI=1S/C27H28N2OS/c1-19(21-12-6-3-7-13-21)18-24-28-26-25(22-14-8-9-15-23(22)31-26)27(30)29(24)17-16-20-10-4-2-5-11-20/h2-7,10-13,19H,8-9,14-18H2,1H3/t19-/m0/s1. The maximum Gasteiger partial charge on any atom is 0.262 e. The van der Waals surface area contributed by atoms with E-state index >= 15 is 0 Å². The lowest BCUT2D eigenvalue weighted by Gasteiger charge is -2.17. The van der Waals surface area contributed by atoms with Gasteiger partial charge in [-0.1, -0.05) is 67.6 Å². The van der Waals surface area contributed by atoms with E-state index in [2.05, 4.69) is 55.5 Å². The largest absolute Gasteiger partial charge is 0.296 e. The molecule has 1 atom stereocenters. The van der Waals surface area contributed by atoms with Gasteiger partial charge in [-0.3, -0.25) is 9.36 Å². The summed E-state index contributed by atoms with van der Waals surface area (Å²) in [5.74, 6) is 1.23. The molecule has 4 aromatic rings. The zero-order chi connectivity index (χ0) is 21.2. The quantitative estimate of drug-likeness (QED) is 0.382. The first kappa shape index (κ1) is 20.2. The average molecular weight is 429 g/mol. The number of thiophene rings is 1. The molecular formula is C27H28N2OS. The third kappa shape index (κ3) is 4.09. The summed E-state index contributed by atoms with van der Waals surface area (Å²) in [5.41, 5.74) is 3.98. The van der Waals surface area contributed by atoms with Gasteiger partial charge in [0.25, 0.3) is 5.56 Å². The van der Waals surface area contributed by atoms with Crippen molar-refractivity contribution in [1.82, 2.24) is 9.55 Å². The molecule has 2 heterocycles. The van der Waals surface area contributed by atoms with E-state index in [-0.39, 0.29) is 5.56 Å². The molecule has 0 spiro atoms. The van der Waals surface area contributed by atoms with Crippen molar-refractivity contribution in [3.63, 3.8) is 0 Å². The van der Waals surface area contributed by atoms with Gasteiger partial charge in [0.05, 0.1) is 5.39 Å². The molecule has 0 bridgehead atoms. The van der Waals surface area contributed by atoms with E-state index in [0.29, 0.717) is 12.5 Å². The number of nitrogens with zero attached hydrogens (tertiary/aromatic N) is 2. The minimum absolute atomic E-state index is 0.163. The highest BCUT2D eigenvalue weighted by molar-refractivity contribution is 7.18. The number of benzene rings is 2. The highest BCUT2D eigenvalue weighted by atomic mass is 32.1. The summed E-state index contributed by atoms with van der Waals surface area (Å²) < 4.78 is 1.97. The van der Waals surface area contributed by atoms with Crippen molar-refractivity contribution in [3.05, 3.63) is 98.4 Å². The molecule has 5 rings (SSSR count). The fraction of sp³-hybridized carbons (Fsp3) is 0.333. The molecule has 0 saturated heterocycles. The van der Waals surface area contributed by atoms with Crippen molar-refractivity contribution in [2.75, 3.05) is 0 Å². The number of hydrogen-bond acceptors (Lipinski definition) is 3. The normalized spacial score (nSPS) is 14.5. The number of aromatic nitrogens is 2. The van der Waals surface area contributed by atoms with Crippen LogP contribution in [0.2, 0.25) is 0 Å². The molecule has 0 aliphatic heterocycles. The zero-order valence-corrected chi connectivity index (χ0v) is 18.8. The van der Waals surface area contributed by atoms with Crippen LogP contribution < -0.4 is 5.56 Å². The second kappa shape index (κ2) is 8.80. The van der Waals surface area contributed by atoms with Crippen LogP contribution in [0.4, 0.5) is 0 Å². The Labute approximate surface area is 187 Å². The van der Waals surface area contributed by atoms with E-state index in [0.717, 1.165) is 41.7 Å². The third-order valence-corrected chi connectivity index (χ3v) is 7.66. The molecule has 0 saturated carbocycles. The summed E-state index contributed by atoms with van der Waals surface area (Å²) in [5, 5.41) is 0.892. The first-order chi connectivity index (χ1) is 15.2. The Hall–Kier alpha value is -2.72. The van der Waals surface area contributed by atoms with Crippen LogP contribution >= 0.6 is 11.3 Å². The van der Waals surface area contributed by atoms with E-state index in [1.54, 1.807) is 11.3 Å². The lowest BCUT2D eigenvalue weighted by atomic mass is 9.96. The molecule has 0 N–H and O–H groups in total. The van der Waals surface area contributed by atoms with Crippen LogP contribution in [0, 0.1) is 0 Å². The lowest BCUT2D eigenvalue weighted by molar-refractivity contribution is 0.588. The molecule has 4 heteroatoms. The Balaban J connectivity index is 1.57. The van der Waals surface area contributed by atoms with Crippen molar-refractivity contribution in [2.24, 2.45) is 0 Å². The fourth-order valence-corrected chi connectivity index (χ4v) is 6.00. The SMILES string of the molecule is C[C@@H](Cc1nc2sc3c(c2c(=O)n1CCc1ccccc1)CCCC3)c1ccccc1. The van der Waals surface area contributed by atoms with Gasteiger partial charge in [-0.2, -0.15) is 0 Å². The van der Waals surface area contributed by atoms with Gasteiger partial charge in [-0.05, 0) is 54.7 Å². The van der Waals surface area contributed by atoms with Crippen LogP contribution in [0.5, 0.6) is 0 Å². The monoisotopic (exact) mass is 428 g/mol. The van der Waals surface area contributed by atoms with Crippen LogP contribution in [-0.4, -0.2) is 9.55 Å². The molecule has 0 amide bonds. The molecule has 0 radical (unpaired) electrons. The summed E-state index contributed by atoms with van der Waals surface area (Å²) in [6.07, 6.45) is 6.12. The van der Waals surface area contributed by atoms with Crippen LogP contribution in [-0.2, 0) is 32.2 Å². The van der Waals surface area contributed by atoms with Crippen LogP contribution in [0.3, 0.4) is 0 Å². The first-order valence-electron chi connectivity index (χ1n) is 11.3. The van der Waals surface area contributed by atoms with E-state index in [1.807, 2.05) is 16.7 Å². The Morgan fingerprint density at radius 3 is 2.48 bits per heavy atom. The fourth-order valence-electron chi connectivity index (χ4n) is 4.73. The maximum atomic E-state index is 13.8. The minimum Gasteiger partial charge on any atom is -0.296 e. The Kier molecular flexibility index (Phi) is 5.73. The van der Waals surface area contributed by atoms with Gasteiger partial charge in [0.2, 0.25) is 0 Å². The van der Waals surface area contributed by atoms with E-state index < -0.39 is 0 Å². The molecule has 2 aromatic carbocycles. The highest BCUT2D eigenvalue weighted by Crippen LogP contribution is 2.34. The molecule has 2 aromatic heterocycles. The van der Waals surface area contributed by atoms with Crippen LogP contribution in [0.15, 0.2) is 65.5 Å². The third-order valence-electron chi connectivity index (χ3n) is 6.48. The molecule has 31 heavy (non-hydrogen) atoms. The molecular weight excluding hydrogens is 400 g/mol. The average Bonchev–Trinajstić information content (AvgIpc) is 3.18. The Bertz CT molecular complexity index is 1240. The van der Waals surface area contributed by atoms with Gasteiger partial charge >= 0.3 is 0 Å². The number of rotatable bonds is 6. The van der Waals surface area contributed by atoms with Crippen molar-refractivity contribution in [3.8, 4) is 0 Å². The van der Waals surface area contributed by atoms with Gasteiger partial charge < -0.3 is 0 Å². The predicted octanol–water partition coefficient (Wildman–Crippen LogP) is 5.93. The summed E-state index contributed by atoms with van der Waals surface area (Å²) in [6, 6.07) is 21.0. The van der Waals surface area contributed by atoms with E-state index in [9.17, 15) is 4.79 Å². The van der Waals surface area contributed by atoms with Crippen molar-refractivity contribution < 1.29 is 0 Å².